The lowest BCUT2D eigenvalue weighted by atomic mass is 10.2. The van der Waals surface area contributed by atoms with E-state index in [1.807, 2.05) is 7.05 Å². The maximum Gasteiger partial charge on any atom is 0.0152 e. The number of nitrogens with one attached hydrogen (secondary N) is 1. The van der Waals surface area contributed by atoms with Gasteiger partial charge in [-0.05, 0) is 13.5 Å². The van der Waals surface area contributed by atoms with Crippen molar-refractivity contribution in [2.75, 3.05) is 12.8 Å². The van der Waals surface area contributed by atoms with E-state index in [1.54, 1.807) is 0 Å². The molecule has 1 nitrogen and oxygen atoms in total. The van der Waals surface area contributed by atoms with Crippen molar-refractivity contribution in [3.05, 3.63) is 0 Å². The van der Waals surface area contributed by atoms with Crippen molar-refractivity contribution in [3.8, 4) is 0 Å². The monoisotopic (exact) mass is 133 g/mol. The maximum atomic E-state index is 4.17. The number of thiol groups is 1. The van der Waals surface area contributed by atoms with Gasteiger partial charge in [-0.2, -0.15) is 12.6 Å². The summed E-state index contributed by atoms with van der Waals surface area (Å²) in [4.78, 5) is 0. The molecule has 0 unspecified atom stereocenters. The molecule has 1 atom stereocenters. The molecule has 0 aromatic carbocycles. The van der Waals surface area contributed by atoms with Crippen LogP contribution in [0.1, 0.15) is 19.8 Å². The van der Waals surface area contributed by atoms with Gasteiger partial charge in [-0.25, -0.2) is 0 Å². The molecule has 0 aromatic heterocycles. The third kappa shape index (κ3) is 3.33. The molecule has 0 saturated heterocycles. The highest BCUT2D eigenvalue weighted by molar-refractivity contribution is 7.80. The summed E-state index contributed by atoms with van der Waals surface area (Å²) in [5.74, 6) is 0.949. The van der Waals surface area contributed by atoms with Gasteiger partial charge in [0.1, 0.15) is 0 Å². The van der Waals surface area contributed by atoms with Crippen LogP contribution in [-0.2, 0) is 0 Å². The largest absolute Gasteiger partial charge is 0.316 e. The average Bonchev–Trinajstić information content (AvgIpc) is 1.83. The van der Waals surface area contributed by atoms with Gasteiger partial charge in [-0.15, -0.1) is 0 Å². The smallest absolute Gasteiger partial charge is 0.0152 e. The molecule has 2 heteroatoms. The van der Waals surface area contributed by atoms with Gasteiger partial charge in [0.25, 0.3) is 0 Å². The fraction of sp³-hybridized carbons (Fsp3) is 1.00. The molecule has 0 heterocycles. The van der Waals surface area contributed by atoms with Crippen molar-refractivity contribution in [1.29, 1.82) is 0 Å². The SMILES string of the molecule is CCC[C@@H](CS)NC. The summed E-state index contributed by atoms with van der Waals surface area (Å²) in [5, 5.41) is 3.18. The van der Waals surface area contributed by atoms with Gasteiger partial charge in [0.15, 0.2) is 0 Å². The zero-order valence-electron chi connectivity index (χ0n) is 5.65. The Bertz CT molecular complexity index is 43.8. The second kappa shape index (κ2) is 5.45. The lowest BCUT2D eigenvalue weighted by Gasteiger charge is -2.09. The molecule has 0 aliphatic carbocycles. The minimum Gasteiger partial charge on any atom is -0.316 e. The molecule has 0 spiro atoms. The predicted octanol–water partition coefficient (Wildman–Crippen LogP) is 1.30. The molecule has 0 amide bonds. The van der Waals surface area contributed by atoms with Gasteiger partial charge in [0, 0.05) is 11.8 Å². The lowest BCUT2D eigenvalue weighted by molar-refractivity contribution is 0.566. The molecule has 0 radical (unpaired) electrons. The van der Waals surface area contributed by atoms with E-state index in [9.17, 15) is 0 Å². The fourth-order valence-corrected chi connectivity index (χ4v) is 1.04. The number of hydrogen-bond acceptors (Lipinski definition) is 2. The van der Waals surface area contributed by atoms with Gasteiger partial charge in [0.05, 0.1) is 0 Å². The van der Waals surface area contributed by atoms with Gasteiger partial charge < -0.3 is 5.32 Å². The predicted molar refractivity (Wildman–Crippen MR) is 41.6 cm³/mol. The first-order valence-corrected chi connectivity index (χ1v) is 3.76. The summed E-state index contributed by atoms with van der Waals surface area (Å²) in [6.45, 7) is 2.19. The van der Waals surface area contributed by atoms with E-state index in [0.29, 0.717) is 6.04 Å². The molecule has 0 aliphatic heterocycles. The standard InChI is InChI=1S/C6H15NS/c1-3-4-6(5-8)7-2/h6-8H,3-5H2,1-2H3/t6-/m0/s1. The Balaban J connectivity index is 3.07. The molecule has 50 valence electrons. The van der Waals surface area contributed by atoms with Crippen LogP contribution in [0.5, 0.6) is 0 Å². The summed E-state index contributed by atoms with van der Waals surface area (Å²) in [6.07, 6.45) is 2.48. The minimum atomic E-state index is 0.614. The first kappa shape index (κ1) is 8.31. The number of hydrogen-bond donors (Lipinski definition) is 2. The normalized spacial score (nSPS) is 13.9. The molecule has 0 aliphatic rings. The Labute approximate surface area is 57.3 Å². The molecular weight excluding hydrogens is 118 g/mol. The first-order chi connectivity index (χ1) is 3.85. The Morgan fingerprint density at radius 2 is 2.25 bits per heavy atom. The van der Waals surface area contributed by atoms with E-state index in [1.165, 1.54) is 12.8 Å². The zero-order chi connectivity index (χ0) is 6.41. The third-order valence-corrected chi connectivity index (χ3v) is 1.71. The van der Waals surface area contributed by atoms with Crippen LogP contribution in [0.15, 0.2) is 0 Å². The Hall–Kier alpha value is 0.310. The third-order valence-electron chi connectivity index (χ3n) is 1.27. The van der Waals surface area contributed by atoms with Crippen molar-refractivity contribution in [2.45, 2.75) is 25.8 Å². The van der Waals surface area contributed by atoms with Crippen LogP contribution in [0.4, 0.5) is 0 Å². The van der Waals surface area contributed by atoms with Gasteiger partial charge in [-0.1, -0.05) is 13.3 Å². The second-order valence-corrected chi connectivity index (χ2v) is 2.32. The molecule has 0 bridgehead atoms. The summed E-state index contributed by atoms with van der Waals surface area (Å²) < 4.78 is 0. The van der Waals surface area contributed by atoms with E-state index in [4.69, 9.17) is 0 Å². The summed E-state index contributed by atoms with van der Waals surface area (Å²) in [6, 6.07) is 0.614. The second-order valence-electron chi connectivity index (χ2n) is 1.96. The van der Waals surface area contributed by atoms with Crippen molar-refractivity contribution in [3.63, 3.8) is 0 Å². The van der Waals surface area contributed by atoms with E-state index >= 15 is 0 Å². The molecule has 1 N–H and O–H groups in total. The highest BCUT2D eigenvalue weighted by atomic mass is 32.1. The minimum absolute atomic E-state index is 0.614. The summed E-state index contributed by atoms with van der Waals surface area (Å²) in [5.41, 5.74) is 0. The summed E-state index contributed by atoms with van der Waals surface area (Å²) in [7, 11) is 1.98. The van der Waals surface area contributed by atoms with E-state index in [0.717, 1.165) is 5.75 Å². The highest BCUT2D eigenvalue weighted by Gasteiger charge is 1.98. The van der Waals surface area contributed by atoms with Gasteiger partial charge in [-0.3, -0.25) is 0 Å². The molecule has 0 rings (SSSR count). The van der Waals surface area contributed by atoms with E-state index in [-0.39, 0.29) is 0 Å². The topological polar surface area (TPSA) is 12.0 Å². The molecule has 8 heavy (non-hydrogen) atoms. The number of rotatable bonds is 4. The Morgan fingerprint density at radius 1 is 1.62 bits per heavy atom. The quantitative estimate of drug-likeness (QED) is 0.551. The Kier molecular flexibility index (Phi) is 5.66. The molecule has 0 aromatic rings. The maximum absolute atomic E-state index is 4.17. The van der Waals surface area contributed by atoms with Crippen LogP contribution in [0.25, 0.3) is 0 Å². The lowest BCUT2D eigenvalue weighted by Crippen LogP contribution is -2.26. The molecule has 0 fully saturated rings. The fourth-order valence-electron chi connectivity index (χ4n) is 0.675. The van der Waals surface area contributed by atoms with E-state index < -0.39 is 0 Å². The van der Waals surface area contributed by atoms with Gasteiger partial charge in [0.2, 0.25) is 0 Å². The average molecular weight is 133 g/mol. The van der Waals surface area contributed by atoms with Gasteiger partial charge >= 0.3 is 0 Å². The zero-order valence-corrected chi connectivity index (χ0v) is 6.54. The summed E-state index contributed by atoms with van der Waals surface area (Å²) >= 11 is 4.17. The van der Waals surface area contributed by atoms with Crippen LogP contribution >= 0.6 is 12.6 Å². The van der Waals surface area contributed by atoms with Crippen LogP contribution in [0.3, 0.4) is 0 Å². The van der Waals surface area contributed by atoms with Crippen molar-refractivity contribution < 1.29 is 0 Å². The highest BCUT2D eigenvalue weighted by Crippen LogP contribution is 1.96. The van der Waals surface area contributed by atoms with Crippen molar-refractivity contribution in [2.24, 2.45) is 0 Å². The first-order valence-electron chi connectivity index (χ1n) is 3.13. The molecule has 0 saturated carbocycles. The van der Waals surface area contributed by atoms with E-state index in [2.05, 4.69) is 24.9 Å². The molecular formula is C6H15NS. The van der Waals surface area contributed by atoms with Crippen LogP contribution in [-0.4, -0.2) is 18.8 Å². The van der Waals surface area contributed by atoms with Crippen LogP contribution in [0.2, 0.25) is 0 Å². The van der Waals surface area contributed by atoms with Crippen molar-refractivity contribution in [1.82, 2.24) is 5.32 Å². The van der Waals surface area contributed by atoms with Crippen LogP contribution in [0, 0.1) is 0 Å². The van der Waals surface area contributed by atoms with Crippen LogP contribution < -0.4 is 5.32 Å². The Morgan fingerprint density at radius 3 is 2.38 bits per heavy atom. The van der Waals surface area contributed by atoms with Crippen molar-refractivity contribution >= 4 is 12.6 Å².